The molecule has 0 aliphatic carbocycles. The summed E-state index contributed by atoms with van der Waals surface area (Å²) in [5, 5.41) is 2.93. The smallest absolute Gasteiger partial charge is 0.262 e. The monoisotopic (exact) mass is 467 g/mol. The Balaban J connectivity index is 1.49. The zero-order valence-corrected chi connectivity index (χ0v) is 19.5. The summed E-state index contributed by atoms with van der Waals surface area (Å²) in [5.41, 5.74) is 2.24. The number of aliphatic imine (C=N–C) groups is 1. The van der Waals surface area contributed by atoms with E-state index in [1.807, 2.05) is 56.3 Å². The van der Waals surface area contributed by atoms with E-state index in [2.05, 4.69) is 10.3 Å². The molecular weight excluding hydrogens is 442 g/mol. The van der Waals surface area contributed by atoms with Crippen molar-refractivity contribution in [2.75, 3.05) is 11.9 Å². The van der Waals surface area contributed by atoms with Crippen LogP contribution in [0.4, 0.5) is 5.69 Å². The maximum atomic E-state index is 13.7. The quantitative estimate of drug-likeness (QED) is 0.553. The number of hydrogen-bond donors (Lipinski definition) is 1. The lowest BCUT2D eigenvalue weighted by Crippen LogP contribution is -2.48. The van der Waals surface area contributed by atoms with Crippen LogP contribution in [-0.2, 0) is 16.0 Å². The Bertz CT molecular complexity index is 1310. The molecule has 0 fully saturated rings. The highest BCUT2D eigenvalue weighted by Gasteiger charge is 2.43. The summed E-state index contributed by atoms with van der Waals surface area (Å²) < 4.78 is 5.79. The van der Waals surface area contributed by atoms with Crippen molar-refractivity contribution in [2.45, 2.75) is 31.8 Å². The molecule has 2 heterocycles. The maximum absolute atomic E-state index is 13.7. The number of carbonyl (C=O) groups is 3. The first-order valence-corrected chi connectivity index (χ1v) is 11.5. The minimum absolute atomic E-state index is 0.185. The van der Waals surface area contributed by atoms with Gasteiger partial charge in [0.2, 0.25) is 11.8 Å². The number of carbonyl (C=O) groups excluding carboxylic acids is 3. The van der Waals surface area contributed by atoms with E-state index in [1.54, 1.807) is 36.4 Å². The Hall–Kier alpha value is -4.26. The molecule has 3 amide bonds. The van der Waals surface area contributed by atoms with Gasteiger partial charge in [0.1, 0.15) is 12.6 Å². The third-order valence-corrected chi connectivity index (χ3v) is 6.09. The van der Waals surface area contributed by atoms with Crippen LogP contribution in [0.1, 0.15) is 45.7 Å². The summed E-state index contributed by atoms with van der Waals surface area (Å²) in [4.78, 5) is 45.9. The number of nitrogens with one attached hydrogen (secondary N) is 1. The van der Waals surface area contributed by atoms with Crippen LogP contribution in [0.15, 0.2) is 83.9 Å². The number of rotatable bonds is 6. The lowest BCUT2D eigenvalue weighted by atomic mass is 10.0. The molecule has 176 valence electrons. The van der Waals surface area contributed by atoms with E-state index in [0.717, 1.165) is 10.5 Å². The molecule has 0 saturated carbocycles. The Labute approximate surface area is 203 Å². The van der Waals surface area contributed by atoms with Crippen LogP contribution in [0, 0.1) is 0 Å². The van der Waals surface area contributed by atoms with Crippen LogP contribution >= 0.6 is 0 Å². The van der Waals surface area contributed by atoms with Gasteiger partial charge >= 0.3 is 0 Å². The van der Waals surface area contributed by atoms with Gasteiger partial charge in [-0.2, -0.15) is 0 Å². The number of para-hydroxylation sites is 1. The van der Waals surface area contributed by atoms with Crippen molar-refractivity contribution in [3.63, 3.8) is 0 Å². The van der Waals surface area contributed by atoms with E-state index in [-0.39, 0.29) is 12.0 Å². The fourth-order valence-corrected chi connectivity index (χ4v) is 4.35. The lowest BCUT2D eigenvalue weighted by molar-refractivity contribution is -0.119. The molecule has 7 heteroatoms. The third-order valence-electron chi connectivity index (χ3n) is 6.09. The van der Waals surface area contributed by atoms with Crippen molar-refractivity contribution in [3.8, 4) is 0 Å². The molecule has 0 aromatic heterocycles. The minimum atomic E-state index is -1.04. The van der Waals surface area contributed by atoms with Crippen molar-refractivity contribution in [2.24, 2.45) is 4.99 Å². The Morgan fingerprint density at radius 2 is 1.49 bits per heavy atom. The zero-order valence-electron chi connectivity index (χ0n) is 19.5. The first kappa shape index (κ1) is 22.5. The molecule has 2 aliphatic heterocycles. The Kier molecular flexibility index (Phi) is 5.68. The number of ether oxygens (including phenoxy) is 1. The van der Waals surface area contributed by atoms with Crippen LogP contribution in [0.25, 0.3) is 0 Å². The minimum Gasteiger partial charge on any atom is -0.475 e. The highest BCUT2D eigenvalue weighted by Crippen LogP contribution is 2.28. The van der Waals surface area contributed by atoms with E-state index in [1.165, 1.54) is 0 Å². The molecule has 35 heavy (non-hydrogen) atoms. The highest BCUT2D eigenvalue weighted by molar-refractivity contribution is 6.23. The predicted octanol–water partition coefficient (Wildman–Crippen LogP) is 4.09. The fraction of sp³-hybridized carbons (Fsp3) is 0.214. The number of fused-ring (bicyclic) bond motifs is 1. The molecule has 5 rings (SSSR count). The molecule has 1 atom stereocenters. The van der Waals surface area contributed by atoms with E-state index < -0.39 is 23.8 Å². The van der Waals surface area contributed by atoms with Crippen molar-refractivity contribution >= 4 is 29.3 Å². The lowest BCUT2D eigenvalue weighted by Gasteiger charge is -2.26. The number of benzene rings is 3. The molecule has 0 radical (unpaired) electrons. The van der Waals surface area contributed by atoms with E-state index in [9.17, 15) is 14.4 Å². The van der Waals surface area contributed by atoms with Gasteiger partial charge in [-0.05, 0) is 43.7 Å². The number of imide groups is 1. The SMILES string of the molecule is CC1(C)COC(c2ccccc2NC(=O)C(Cc2ccccc2)N2C(=O)c3ccccc3C2=O)=N1. The van der Waals surface area contributed by atoms with Gasteiger partial charge in [0.25, 0.3) is 11.8 Å². The fourth-order valence-electron chi connectivity index (χ4n) is 4.35. The van der Waals surface area contributed by atoms with E-state index in [4.69, 9.17) is 4.74 Å². The van der Waals surface area contributed by atoms with Gasteiger partial charge in [-0.3, -0.25) is 19.3 Å². The molecule has 1 N–H and O–H groups in total. The summed E-state index contributed by atoms with van der Waals surface area (Å²) in [6, 6.07) is 22.2. The second-order valence-corrected chi connectivity index (χ2v) is 9.28. The van der Waals surface area contributed by atoms with Crippen molar-refractivity contribution in [3.05, 3.63) is 101 Å². The molecule has 0 spiro atoms. The Morgan fingerprint density at radius 3 is 2.09 bits per heavy atom. The normalized spacial score (nSPS) is 17.0. The molecule has 3 aromatic carbocycles. The van der Waals surface area contributed by atoms with Gasteiger partial charge in [-0.25, -0.2) is 4.99 Å². The van der Waals surface area contributed by atoms with Crippen molar-refractivity contribution in [1.82, 2.24) is 4.90 Å². The molecule has 0 saturated heterocycles. The zero-order chi connectivity index (χ0) is 24.6. The number of anilines is 1. The largest absolute Gasteiger partial charge is 0.475 e. The average molecular weight is 468 g/mol. The topological polar surface area (TPSA) is 88.1 Å². The first-order chi connectivity index (χ1) is 16.8. The molecule has 0 bridgehead atoms. The standard InChI is InChI=1S/C28H25N3O4/c1-28(2)17-35-25(30-28)21-14-8-9-15-22(21)29-24(32)23(16-18-10-4-3-5-11-18)31-26(33)19-12-6-7-13-20(19)27(31)34/h3-15,23H,16-17H2,1-2H3,(H,29,32). The Morgan fingerprint density at radius 1 is 0.914 bits per heavy atom. The first-order valence-electron chi connectivity index (χ1n) is 11.5. The van der Waals surface area contributed by atoms with Crippen LogP contribution in [0.2, 0.25) is 0 Å². The average Bonchev–Trinajstić information content (AvgIpc) is 3.35. The van der Waals surface area contributed by atoms with Gasteiger partial charge in [-0.1, -0.05) is 54.6 Å². The van der Waals surface area contributed by atoms with Gasteiger partial charge in [0.05, 0.1) is 27.9 Å². The number of hydrogen-bond acceptors (Lipinski definition) is 5. The van der Waals surface area contributed by atoms with Crippen molar-refractivity contribution < 1.29 is 19.1 Å². The summed E-state index contributed by atoms with van der Waals surface area (Å²) >= 11 is 0. The van der Waals surface area contributed by atoms with Crippen LogP contribution < -0.4 is 5.32 Å². The van der Waals surface area contributed by atoms with Crippen molar-refractivity contribution in [1.29, 1.82) is 0 Å². The third kappa shape index (κ3) is 4.33. The summed E-state index contributed by atoms with van der Waals surface area (Å²) in [5.74, 6) is -0.958. The molecule has 3 aromatic rings. The second-order valence-electron chi connectivity index (χ2n) is 9.28. The molecule has 2 aliphatic rings. The molecular formula is C28H25N3O4. The van der Waals surface area contributed by atoms with Gasteiger partial charge in [0.15, 0.2) is 0 Å². The van der Waals surface area contributed by atoms with Gasteiger partial charge < -0.3 is 10.1 Å². The van der Waals surface area contributed by atoms with E-state index >= 15 is 0 Å². The van der Waals surface area contributed by atoms with Gasteiger partial charge in [-0.15, -0.1) is 0 Å². The van der Waals surface area contributed by atoms with E-state index in [0.29, 0.717) is 34.9 Å². The number of nitrogens with zero attached hydrogens (tertiary/aromatic N) is 2. The molecule has 7 nitrogen and oxygen atoms in total. The highest BCUT2D eigenvalue weighted by atomic mass is 16.5. The maximum Gasteiger partial charge on any atom is 0.262 e. The summed E-state index contributed by atoms with van der Waals surface area (Å²) in [7, 11) is 0. The second kappa shape index (κ2) is 8.83. The summed E-state index contributed by atoms with van der Waals surface area (Å²) in [6.45, 7) is 4.38. The number of amides is 3. The molecule has 1 unspecified atom stereocenters. The van der Waals surface area contributed by atoms with Crippen LogP contribution in [-0.4, -0.2) is 46.7 Å². The van der Waals surface area contributed by atoms with Gasteiger partial charge in [0, 0.05) is 6.42 Å². The predicted molar refractivity (Wildman–Crippen MR) is 133 cm³/mol. The van der Waals surface area contributed by atoms with Crippen LogP contribution in [0.3, 0.4) is 0 Å². The summed E-state index contributed by atoms with van der Waals surface area (Å²) in [6.07, 6.45) is 0.185. The van der Waals surface area contributed by atoms with Crippen LogP contribution in [0.5, 0.6) is 0 Å².